The van der Waals surface area contributed by atoms with Gasteiger partial charge in [-0.25, -0.2) is 12.8 Å². The molecule has 1 aliphatic heterocycles. The molecule has 10 nitrogen and oxygen atoms in total. The maximum absolute atomic E-state index is 13.4. The number of anilines is 3. The minimum atomic E-state index is -4.95. The molecule has 0 aliphatic carbocycles. The second-order valence-corrected chi connectivity index (χ2v) is 10.9. The number of hydrogen-bond acceptors (Lipinski definition) is 7. The summed E-state index contributed by atoms with van der Waals surface area (Å²) in [6.07, 6.45) is 4.73. The molecule has 0 amide bonds. The SMILES string of the molecule is C[C@H](Oc1cc(-c2cc(Nc3cnn(C4CCOCC4)c3)n[nH]2)ccc1NS(=O)(=O)C(F)F)c1ccc(F)cc1. The maximum Gasteiger partial charge on any atom is 0.355 e. The molecule has 0 unspecified atom stereocenters. The summed E-state index contributed by atoms with van der Waals surface area (Å²) in [7, 11) is -4.95. The van der Waals surface area contributed by atoms with Gasteiger partial charge in [0, 0.05) is 31.0 Å². The number of rotatable bonds is 10. The van der Waals surface area contributed by atoms with Crippen molar-refractivity contribution in [2.45, 2.75) is 37.7 Å². The molecule has 0 saturated carbocycles. The summed E-state index contributed by atoms with van der Waals surface area (Å²) >= 11 is 0. The number of H-pyrrole nitrogens is 1. The number of halogens is 3. The number of hydrogen-bond donors (Lipinski definition) is 3. The van der Waals surface area contributed by atoms with Gasteiger partial charge in [-0.05, 0) is 49.6 Å². The van der Waals surface area contributed by atoms with Crippen LogP contribution < -0.4 is 14.8 Å². The Kier molecular flexibility index (Phi) is 7.98. The Balaban J connectivity index is 1.37. The van der Waals surface area contributed by atoms with Crippen LogP contribution in [-0.4, -0.2) is 47.4 Å². The first kappa shape index (κ1) is 27.5. The molecule has 0 radical (unpaired) electrons. The zero-order chi connectivity index (χ0) is 28.3. The van der Waals surface area contributed by atoms with E-state index in [4.69, 9.17) is 9.47 Å². The van der Waals surface area contributed by atoms with Crippen molar-refractivity contribution < 1.29 is 31.1 Å². The number of ether oxygens (including phenoxy) is 2. The normalized spacial score (nSPS) is 15.2. The van der Waals surface area contributed by atoms with E-state index in [0.717, 1.165) is 18.5 Å². The van der Waals surface area contributed by atoms with Gasteiger partial charge in [-0.1, -0.05) is 18.2 Å². The minimum Gasteiger partial charge on any atom is -0.484 e. The van der Waals surface area contributed by atoms with E-state index >= 15 is 0 Å². The van der Waals surface area contributed by atoms with Crippen LogP contribution in [0.5, 0.6) is 5.75 Å². The average molecular weight is 577 g/mol. The smallest absolute Gasteiger partial charge is 0.355 e. The summed E-state index contributed by atoms with van der Waals surface area (Å²) in [6, 6.07) is 11.9. The maximum atomic E-state index is 13.4. The first-order chi connectivity index (χ1) is 19.2. The van der Waals surface area contributed by atoms with E-state index in [9.17, 15) is 21.6 Å². The largest absolute Gasteiger partial charge is 0.484 e. The third-order valence-electron chi connectivity index (χ3n) is 6.44. The highest BCUT2D eigenvalue weighted by molar-refractivity contribution is 7.93. The third-order valence-corrected chi connectivity index (χ3v) is 7.41. The zero-order valence-corrected chi connectivity index (χ0v) is 22.2. The van der Waals surface area contributed by atoms with Gasteiger partial charge in [-0.2, -0.15) is 19.0 Å². The van der Waals surface area contributed by atoms with Crippen LogP contribution in [0, 0.1) is 5.82 Å². The second-order valence-electron chi connectivity index (χ2n) is 9.27. The van der Waals surface area contributed by atoms with E-state index in [1.807, 2.05) is 15.6 Å². The number of sulfonamides is 1. The van der Waals surface area contributed by atoms with Crippen molar-refractivity contribution >= 4 is 27.2 Å². The molecule has 3 heterocycles. The van der Waals surface area contributed by atoms with Gasteiger partial charge in [0.15, 0.2) is 5.82 Å². The van der Waals surface area contributed by atoms with E-state index in [1.165, 1.54) is 36.4 Å². The van der Waals surface area contributed by atoms with Crippen LogP contribution in [0.15, 0.2) is 60.9 Å². The topological polar surface area (TPSA) is 123 Å². The predicted molar refractivity (Wildman–Crippen MR) is 143 cm³/mol. The molecular formula is C26H27F3N6O4S. The number of alkyl halides is 2. The van der Waals surface area contributed by atoms with Gasteiger partial charge in [-0.15, -0.1) is 0 Å². The molecule has 0 bridgehead atoms. The number of aromatic amines is 1. The molecule has 40 heavy (non-hydrogen) atoms. The molecule has 1 atom stereocenters. The van der Waals surface area contributed by atoms with Crippen molar-refractivity contribution in [1.82, 2.24) is 20.0 Å². The Morgan fingerprint density at radius 3 is 2.60 bits per heavy atom. The van der Waals surface area contributed by atoms with Crippen molar-refractivity contribution in [2.75, 3.05) is 23.3 Å². The average Bonchev–Trinajstić information content (AvgIpc) is 3.60. The minimum absolute atomic E-state index is 0.000368. The van der Waals surface area contributed by atoms with E-state index in [0.29, 0.717) is 35.9 Å². The summed E-state index contributed by atoms with van der Waals surface area (Å²) < 4.78 is 78.4. The molecule has 4 aromatic rings. The van der Waals surface area contributed by atoms with Crippen molar-refractivity contribution in [1.29, 1.82) is 0 Å². The molecule has 2 aromatic carbocycles. The van der Waals surface area contributed by atoms with Gasteiger partial charge in [-0.3, -0.25) is 14.5 Å². The Morgan fingerprint density at radius 2 is 1.88 bits per heavy atom. The number of benzene rings is 2. The lowest BCUT2D eigenvalue weighted by Crippen LogP contribution is -2.21. The Labute approximate surface area is 228 Å². The highest BCUT2D eigenvalue weighted by atomic mass is 32.2. The van der Waals surface area contributed by atoms with Crippen LogP contribution in [0.1, 0.15) is 37.5 Å². The fourth-order valence-electron chi connectivity index (χ4n) is 4.30. The summed E-state index contributed by atoms with van der Waals surface area (Å²) in [4.78, 5) is 0. The lowest BCUT2D eigenvalue weighted by molar-refractivity contribution is 0.0662. The van der Waals surface area contributed by atoms with Crippen molar-refractivity contribution in [3.8, 4) is 17.0 Å². The van der Waals surface area contributed by atoms with Crippen molar-refractivity contribution in [2.24, 2.45) is 0 Å². The Hall–Kier alpha value is -4.04. The molecule has 1 fully saturated rings. The van der Waals surface area contributed by atoms with Crippen LogP contribution in [0.3, 0.4) is 0 Å². The highest BCUT2D eigenvalue weighted by Gasteiger charge is 2.26. The fraction of sp³-hybridized carbons (Fsp3) is 0.308. The van der Waals surface area contributed by atoms with Crippen LogP contribution >= 0.6 is 0 Å². The first-order valence-electron chi connectivity index (χ1n) is 12.5. The van der Waals surface area contributed by atoms with Gasteiger partial charge in [0.05, 0.1) is 29.3 Å². The Bertz CT molecular complexity index is 1550. The summed E-state index contributed by atoms with van der Waals surface area (Å²) in [5, 5.41) is 14.8. The predicted octanol–water partition coefficient (Wildman–Crippen LogP) is 5.61. The van der Waals surface area contributed by atoms with Gasteiger partial charge in [0.1, 0.15) is 17.7 Å². The molecular weight excluding hydrogens is 549 g/mol. The van der Waals surface area contributed by atoms with E-state index < -0.39 is 27.7 Å². The van der Waals surface area contributed by atoms with E-state index in [1.54, 1.807) is 25.3 Å². The van der Waals surface area contributed by atoms with Crippen LogP contribution in [0.4, 0.5) is 30.4 Å². The fourth-order valence-corrected chi connectivity index (χ4v) is 4.86. The molecule has 1 aliphatic rings. The first-order valence-corrected chi connectivity index (χ1v) is 14.0. The number of nitrogens with zero attached hydrogens (tertiary/aromatic N) is 3. The zero-order valence-electron chi connectivity index (χ0n) is 21.4. The molecule has 0 spiro atoms. The molecule has 1 saturated heterocycles. The monoisotopic (exact) mass is 576 g/mol. The van der Waals surface area contributed by atoms with Gasteiger partial charge in [0.2, 0.25) is 0 Å². The standard InChI is InChI=1S/C26H27F3N6O4S/c1-16(17-2-5-19(27)6-3-17)39-24-12-18(4-7-22(24)34-40(36,37)26(28)29)23-13-25(33-32-23)31-20-14-30-35(15-20)21-8-10-38-11-9-21/h2-7,12-16,21,26,34H,8-11H2,1H3,(H2,31,32,33)/t16-/m0/s1. The van der Waals surface area contributed by atoms with Crippen LogP contribution in [0.25, 0.3) is 11.3 Å². The lowest BCUT2D eigenvalue weighted by atomic mass is 10.1. The van der Waals surface area contributed by atoms with Crippen molar-refractivity contribution in [3.05, 3.63) is 72.3 Å². The number of aromatic nitrogens is 4. The molecule has 5 rings (SSSR count). The lowest BCUT2D eigenvalue weighted by Gasteiger charge is -2.22. The molecule has 212 valence electrons. The molecule has 2 aromatic heterocycles. The molecule has 14 heteroatoms. The quantitative estimate of drug-likeness (QED) is 0.224. The van der Waals surface area contributed by atoms with Crippen LogP contribution in [0.2, 0.25) is 0 Å². The van der Waals surface area contributed by atoms with E-state index in [2.05, 4.69) is 20.6 Å². The van der Waals surface area contributed by atoms with Crippen LogP contribution in [-0.2, 0) is 14.8 Å². The van der Waals surface area contributed by atoms with E-state index in [-0.39, 0.29) is 17.5 Å². The summed E-state index contributed by atoms with van der Waals surface area (Å²) in [5.41, 5.74) is 2.29. The number of nitrogens with one attached hydrogen (secondary N) is 3. The van der Waals surface area contributed by atoms with Gasteiger partial charge >= 0.3 is 5.76 Å². The third kappa shape index (κ3) is 6.39. The van der Waals surface area contributed by atoms with Gasteiger partial charge in [0.25, 0.3) is 10.0 Å². The highest BCUT2D eigenvalue weighted by Crippen LogP contribution is 2.35. The van der Waals surface area contributed by atoms with Gasteiger partial charge < -0.3 is 14.8 Å². The van der Waals surface area contributed by atoms with Crippen molar-refractivity contribution in [3.63, 3.8) is 0 Å². The Morgan fingerprint density at radius 1 is 1.12 bits per heavy atom. The second kappa shape index (κ2) is 11.6. The molecule has 3 N–H and O–H groups in total. The summed E-state index contributed by atoms with van der Waals surface area (Å²) in [5.74, 6) is -3.55. The summed E-state index contributed by atoms with van der Waals surface area (Å²) in [6.45, 7) is 3.07.